The smallest absolute Gasteiger partial charge is 0.197 e. The van der Waals surface area contributed by atoms with Crippen LogP contribution in [0.15, 0.2) is 40.4 Å². The van der Waals surface area contributed by atoms with Crippen molar-refractivity contribution in [2.45, 2.75) is 9.92 Å². The lowest BCUT2D eigenvalue weighted by molar-refractivity contribution is 0.398. The van der Waals surface area contributed by atoms with Crippen molar-refractivity contribution in [2.75, 3.05) is 7.11 Å². The van der Waals surface area contributed by atoms with Crippen LogP contribution in [0.25, 0.3) is 0 Å². The van der Waals surface area contributed by atoms with E-state index >= 15 is 0 Å². The molecule has 0 aliphatic rings. The molecule has 1 N–H and O–H groups in total. The lowest BCUT2D eigenvalue weighted by Crippen LogP contribution is -1.92. The molecule has 17 heavy (non-hydrogen) atoms. The number of H-pyrrole nitrogens is 1. The first-order valence-electron chi connectivity index (χ1n) is 4.76. The fraction of sp³-hybridized carbons (Fsp3) is 0.0909. The van der Waals surface area contributed by atoms with Crippen molar-refractivity contribution >= 4 is 35.6 Å². The van der Waals surface area contributed by atoms with Gasteiger partial charge in [0.15, 0.2) is 10.5 Å². The second-order valence-electron chi connectivity index (χ2n) is 3.12. The summed E-state index contributed by atoms with van der Waals surface area (Å²) >= 11 is 12.5. The minimum atomic E-state index is 0.417. The maximum absolute atomic E-state index is 6.09. The van der Waals surface area contributed by atoms with Gasteiger partial charge in [0.25, 0.3) is 0 Å². The van der Waals surface area contributed by atoms with E-state index in [9.17, 15) is 0 Å². The molecule has 0 spiro atoms. The zero-order valence-corrected chi connectivity index (χ0v) is 11.3. The molecule has 2 aromatic rings. The second kappa shape index (κ2) is 5.53. The third-order valence-corrected chi connectivity index (χ3v) is 3.74. The van der Waals surface area contributed by atoms with Gasteiger partial charge in [-0.05, 0) is 24.4 Å². The van der Waals surface area contributed by atoms with Gasteiger partial charge in [0, 0.05) is 4.90 Å². The Hall–Kier alpha value is -1.04. The third kappa shape index (κ3) is 3.00. The van der Waals surface area contributed by atoms with E-state index in [4.69, 9.17) is 28.6 Å². The van der Waals surface area contributed by atoms with Crippen molar-refractivity contribution in [1.29, 1.82) is 0 Å². The zero-order chi connectivity index (χ0) is 12.3. The van der Waals surface area contributed by atoms with Crippen molar-refractivity contribution < 1.29 is 4.74 Å². The van der Waals surface area contributed by atoms with Gasteiger partial charge >= 0.3 is 0 Å². The first kappa shape index (κ1) is 12.4. The van der Waals surface area contributed by atoms with Gasteiger partial charge in [-0.2, -0.15) is 0 Å². The van der Waals surface area contributed by atoms with E-state index in [2.05, 4.69) is 9.97 Å². The second-order valence-corrected chi connectivity index (χ2v) is 4.96. The number of hydrogen-bond acceptors (Lipinski definition) is 4. The predicted octanol–water partition coefficient (Wildman–Crippen LogP) is 3.95. The molecule has 0 saturated carbocycles. The van der Waals surface area contributed by atoms with Crippen LogP contribution in [0.4, 0.5) is 0 Å². The first-order valence-corrected chi connectivity index (χ1v) is 6.36. The molecule has 0 unspecified atom stereocenters. The molecule has 6 heteroatoms. The van der Waals surface area contributed by atoms with E-state index in [-0.39, 0.29) is 0 Å². The Balaban J connectivity index is 2.39. The molecule has 0 amide bonds. The topological polar surface area (TPSA) is 37.9 Å². The van der Waals surface area contributed by atoms with Crippen molar-refractivity contribution in [3.05, 3.63) is 40.3 Å². The molecule has 88 valence electrons. The molecule has 3 nitrogen and oxygen atoms in total. The largest absolute Gasteiger partial charge is 0.492 e. The van der Waals surface area contributed by atoms with Crippen molar-refractivity contribution in [3.8, 4) is 5.75 Å². The minimum Gasteiger partial charge on any atom is -0.492 e. The Morgan fingerprint density at radius 2 is 2.18 bits per heavy atom. The summed E-state index contributed by atoms with van der Waals surface area (Å²) in [7, 11) is 1.59. The van der Waals surface area contributed by atoms with Gasteiger partial charge < -0.3 is 9.72 Å². The maximum atomic E-state index is 6.09. The number of aromatic nitrogens is 2. The molecule has 1 aromatic carbocycles. The lowest BCUT2D eigenvalue weighted by atomic mass is 10.4. The van der Waals surface area contributed by atoms with Crippen LogP contribution in [0.1, 0.15) is 0 Å². The van der Waals surface area contributed by atoms with Crippen LogP contribution in [0, 0.1) is 4.77 Å². The van der Waals surface area contributed by atoms with E-state index < -0.39 is 0 Å². The van der Waals surface area contributed by atoms with Crippen molar-refractivity contribution in [2.24, 2.45) is 0 Å². The molecule has 0 radical (unpaired) electrons. The number of aromatic amines is 1. The summed E-state index contributed by atoms with van der Waals surface area (Å²) in [5, 5.41) is 1.48. The highest BCUT2D eigenvalue weighted by Gasteiger charge is 2.08. The molecular formula is C11H9ClN2OS2. The summed E-state index contributed by atoms with van der Waals surface area (Å²) < 4.78 is 5.63. The van der Waals surface area contributed by atoms with Crippen LogP contribution in [-0.2, 0) is 0 Å². The van der Waals surface area contributed by atoms with Gasteiger partial charge in [0.2, 0.25) is 0 Å². The maximum Gasteiger partial charge on any atom is 0.197 e. The van der Waals surface area contributed by atoms with Gasteiger partial charge in [0.05, 0.1) is 18.3 Å². The quantitative estimate of drug-likeness (QED) is 0.684. The van der Waals surface area contributed by atoms with E-state index in [1.165, 1.54) is 11.8 Å². The average molecular weight is 285 g/mol. The standard InChI is InChI=1S/C11H9ClN2OS2/c1-15-8-6-13-11(16)14-10(8)17-9-5-3-2-4-7(9)12/h2-6H,1H3,(H,13,14,16). The van der Waals surface area contributed by atoms with Crippen LogP contribution < -0.4 is 4.74 Å². The summed E-state index contributed by atoms with van der Waals surface area (Å²) in [6, 6.07) is 7.59. The lowest BCUT2D eigenvalue weighted by Gasteiger charge is -2.07. The number of benzene rings is 1. The molecule has 1 aromatic heterocycles. The Kier molecular flexibility index (Phi) is 4.04. The van der Waals surface area contributed by atoms with Gasteiger partial charge in [-0.25, -0.2) is 4.98 Å². The number of methoxy groups -OCH3 is 1. The van der Waals surface area contributed by atoms with Crippen molar-refractivity contribution in [3.63, 3.8) is 0 Å². The van der Waals surface area contributed by atoms with Gasteiger partial charge in [-0.3, -0.25) is 0 Å². The molecule has 0 saturated heterocycles. The van der Waals surface area contributed by atoms with Crippen LogP contribution in [0.3, 0.4) is 0 Å². The first-order chi connectivity index (χ1) is 8.20. The summed E-state index contributed by atoms with van der Waals surface area (Å²) in [5.74, 6) is 0.642. The van der Waals surface area contributed by atoms with Crippen molar-refractivity contribution in [1.82, 2.24) is 9.97 Å². The Labute approximate surface area is 113 Å². The van der Waals surface area contributed by atoms with Gasteiger partial charge in [-0.15, -0.1) is 0 Å². The molecule has 0 aliphatic heterocycles. The number of ether oxygens (including phenoxy) is 1. The highest BCUT2D eigenvalue weighted by molar-refractivity contribution is 7.99. The summed E-state index contributed by atoms with van der Waals surface area (Å²) in [5.41, 5.74) is 0. The van der Waals surface area contributed by atoms with Crippen LogP contribution in [0.5, 0.6) is 5.75 Å². The fourth-order valence-electron chi connectivity index (χ4n) is 1.23. The average Bonchev–Trinajstić information content (AvgIpc) is 2.32. The Morgan fingerprint density at radius 3 is 2.88 bits per heavy atom. The van der Waals surface area contributed by atoms with Crippen LogP contribution in [0.2, 0.25) is 5.02 Å². The molecule has 0 bridgehead atoms. The Bertz CT molecular complexity index is 586. The molecular weight excluding hydrogens is 276 g/mol. The minimum absolute atomic E-state index is 0.417. The number of halogens is 1. The number of nitrogens with zero attached hydrogens (tertiary/aromatic N) is 1. The normalized spacial score (nSPS) is 10.2. The number of nitrogens with one attached hydrogen (secondary N) is 1. The summed E-state index contributed by atoms with van der Waals surface area (Å²) in [6.07, 6.45) is 1.60. The molecule has 1 heterocycles. The number of rotatable bonds is 3. The SMILES string of the molecule is COc1cnc(=S)[nH]c1Sc1ccccc1Cl. The summed E-state index contributed by atoms with van der Waals surface area (Å²) in [4.78, 5) is 7.88. The molecule has 2 rings (SSSR count). The molecule has 0 atom stereocenters. The summed E-state index contributed by atoms with van der Waals surface area (Å²) in [6.45, 7) is 0. The zero-order valence-electron chi connectivity index (χ0n) is 8.94. The van der Waals surface area contributed by atoms with Gasteiger partial charge in [-0.1, -0.05) is 35.5 Å². The highest BCUT2D eigenvalue weighted by atomic mass is 35.5. The van der Waals surface area contributed by atoms with E-state index in [0.717, 1.165) is 9.92 Å². The van der Waals surface area contributed by atoms with E-state index in [1.54, 1.807) is 13.3 Å². The van der Waals surface area contributed by atoms with E-state index in [0.29, 0.717) is 15.5 Å². The third-order valence-electron chi connectivity index (χ3n) is 2.01. The molecule has 0 aliphatic carbocycles. The predicted molar refractivity (Wildman–Crippen MR) is 71.5 cm³/mol. The number of hydrogen-bond donors (Lipinski definition) is 1. The van der Waals surface area contributed by atoms with Crippen LogP contribution >= 0.6 is 35.6 Å². The van der Waals surface area contributed by atoms with E-state index in [1.807, 2.05) is 24.3 Å². The fourth-order valence-corrected chi connectivity index (χ4v) is 2.61. The van der Waals surface area contributed by atoms with Crippen LogP contribution in [-0.4, -0.2) is 17.1 Å². The van der Waals surface area contributed by atoms with Gasteiger partial charge in [0.1, 0.15) is 5.03 Å². The monoisotopic (exact) mass is 284 g/mol. The highest BCUT2D eigenvalue weighted by Crippen LogP contribution is 2.36. The Morgan fingerprint density at radius 1 is 1.41 bits per heavy atom. The molecule has 0 fully saturated rings.